The van der Waals surface area contributed by atoms with Crippen LogP contribution in [0.5, 0.6) is 0 Å². The van der Waals surface area contributed by atoms with Crippen molar-refractivity contribution in [2.24, 2.45) is 51.8 Å². The summed E-state index contributed by atoms with van der Waals surface area (Å²) in [5.74, 6) is -0.833. The van der Waals surface area contributed by atoms with Crippen LogP contribution in [0.2, 0.25) is 0 Å². The van der Waals surface area contributed by atoms with Gasteiger partial charge in [0.2, 0.25) is 0 Å². The standard InChI is InChI=1S/C30H50O6/c1-17(2)7-8-19(27(34)35)25-21-15-23(33)26-28(4)11-10-22(32)18(3)20(28)9-12-29(26,5)30(21,6)16-24(25)36-14-13-31/h7,18-26,31-33H,8-16H2,1-6H3,(H,34,35)/t18-,19+,20?,21?,22+,23+,24-,25+,26?,28-,29-,30-/m0/s1. The summed E-state index contributed by atoms with van der Waals surface area (Å²) in [6, 6.07) is 0. The van der Waals surface area contributed by atoms with Crippen LogP contribution in [0.15, 0.2) is 11.6 Å². The lowest BCUT2D eigenvalue weighted by Gasteiger charge is -2.69. The molecule has 4 aliphatic carbocycles. The van der Waals surface area contributed by atoms with Gasteiger partial charge >= 0.3 is 5.97 Å². The summed E-state index contributed by atoms with van der Waals surface area (Å²) in [4.78, 5) is 12.6. The quantitative estimate of drug-likeness (QED) is 0.374. The van der Waals surface area contributed by atoms with Crippen LogP contribution < -0.4 is 0 Å². The Labute approximate surface area is 217 Å². The van der Waals surface area contributed by atoms with Gasteiger partial charge < -0.3 is 25.2 Å². The van der Waals surface area contributed by atoms with Gasteiger partial charge in [-0.05, 0) is 98.7 Å². The summed E-state index contributed by atoms with van der Waals surface area (Å²) in [7, 11) is 0. The summed E-state index contributed by atoms with van der Waals surface area (Å²) < 4.78 is 6.23. The zero-order valence-corrected chi connectivity index (χ0v) is 23.2. The van der Waals surface area contributed by atoms with Gasteiger partial charge in [-0.25, -0.2) is 0 Å². The lowest BCUT2D eigenvalue weighted by Crippen LogP contribution is -2.66. The number of aliphatic hydroxyl groups excluding tert-OH is 3. The second kappa shape index (κ2) is 9.98. The molecule has 0 amide bonds. The lowest BCUT2D eigenvalue weighted by molar-refractivity contribution is -0.240. The first-order chi connectivity index (χ1) is 16.8. The lowest BCUT2D eigenvalue weighted by atomic mass is 9.36. The number of carboxylic acid groups (broad SMARTS) is 1. The number of rotatable bonds is 7. The molecule has 4 saturated carbocycles. The molecule has 4 N–H and O–H groups in total. The van der Waals surface area contributed by atoms with Crippen molar-refractivity contribution >= 4 is 5.97 Å². The van der Waals surface area contributed by atoms with E-state index in [1.807, 2.05) is 19.9 Å². The minimum atomic E-state index is -0.799. The van der Waals surface area contributed by atoms with E-state index in [9.17, 15) is 25.2 Å². The molecule has 12 atom stereocenters. The molecule has 0 saturated heterocycles. The van der Waals surface area contributed by atoms with Crippen LogP contribution >= 0.6 is 0 Å². The van der Waals surface area contributed by atoms with Crippen LogP contribution in [0.1, 0.15) is 86.5 Å². The van der Waals surface area contributed by atoms with Crippen LogP contribution in [0.4, 0.5) is 0 Å². The Morgan fingerprint density at radius 1 is 1.06 bits per heavy atom. The minimum Gasteiger partial charge on any atom is -0.481 e. The van der Waals surface area contributed by atoms with Crippen molar-refractivity contribution in [1.29, 1.82) is 0 Å². The molecule has 3 unspecified atom stereocenters. The maximum Gasteiger partial charge on any atom is 0.307 e. The number of carboxylic acids is 1. The highest BCUT2D eigenvalue weighted by atomic mass is 16.5. The molecule has 4 aliphatic rings. The predicted molar refractivity (Wildman–Crippen MR) is 139 cm³/mol. The Morgan fingerprint density at radius 3 is 2.36 bits per heavy atom. The van der Waals surface area contributed by atoms with Crippen LogP contribution in [-0.4, -0.2) is 57.9 Å². The fraction of sp³-hybridized carbons (Fsp3) is 0.900. The molecule has 0 bridgehead atoms. The van der Waals surface area contributed by atoms with Gasteiger partial charge in [0.05, 0.1) is 37.4 Å². The first kappa shape index (κ1) is 28.1. The van der Waals surface area contributed by atoms with Crippen molar-refractivity contribution < 1.29 is 30.0 Å². The highest BCUT2D eigenvalue weighted by Crippen LogP contribution is 2.74. The van der Waals surface area contributed by atoms with Gasteiger partial charge in [0.15, 0.2) is 0 Å². The fourth-order valence-corrected chi connectivity index (χ4v) is 10.2. The SMILES string of the molecule is CC(C)=CC[C@@H](C(=O)O)[C@@H]1C2C[C@@H](O)C3[C@@]4(C)CC[C@@H](O)[C@@H](C)C4CC[C@]3(C)[C@@]2(C)C[C@@H]1OCCO. The summed E-state index contributed by atoms with van der Waals surface area (Å²) >= 11 is 0. The summed E-state index contributed by atoms with van der Waals surface area (Å²) in [6.45, 7) is 13.4. The molecule has 6 heteroatoms. The average Bonchev–Trinajstić information content (AvgIpc) is 3.07. The van der Waals surface area contributed by atoms with Gasteiger partial charge in [-0.3, -0.25) is 4.79 Å². The summed E-state index contributed by atoms with van der Waals surface area (Å²) in [5.41, 5.74) is 0.725. The van der Waals surface area contributed by atoms with E-state index in [-0.39, 0.29) is 65.3 Å². The second-order valence-corrected chi connectivity index (χ2v) is 13.7. The van der Waals surface area contributed by atoms with Gasteiger partial charge in [-0.1, -0.05) is 39.3 Å². The van der Waals surface area contributed by atoms with E-state index < -0.39 is 18.0 Å². The van der Waals surface area contributed by atoms with Crippen molar-refractivity contribution in [3.63, 3.8) is 0 Å². The number of allylic oxidation sites excluding steroid dienone is 2. The molecule has 206 valence electrons. The van der Waals surface area contributed by atoms with Crippen LogP contribution in [-0.2, 0) is 9.53 Å². The second-order valence-electron chi connectivity index (χ2n) is 13.7. The van der Waals surface area contributed by atoms with Crippen LogP contribution in [0, 0.1) is 51.8 Å². The Morgan fingerprint density at radius 2 is 1.75 bits per heavy atom. The molecule has 0 aromatic heterocycles. The zero-order chi connectivity index (χ0) is 26.6. The van der Waals surface area contributed by atoms with Crippen molar-refractivity contribution in [2.45, 2.75) is 105 Å². The maximum absolute atomic E-state index is 12.6. The fourth-order valence-electron chi connectivity index (χ4n) is 10.2. The zero-order valence-electron chi connectivity index (χ0n) is 23.2. The average molecular weight is 507 g/mol. The Balaban J connectivity index is 1.76. The molecule has 0 aromatic carbocycles. The topological polar surface area (TPSA) is 107 Å². The number of carbonyl (C=O) groups is 1. The van der Waals surface area contributed by atoms with E-state index >= 15 is 0 Å². The van der Waals surface area contributed by atoms with Gasteiger partial charge in [0.1, 0.15) is 0 Å². The highest BCUT2D eigenvalue weighted by Gasteiger charge is 2.71. The third kappa shape index (κ3) is 4.19. The van der Waals surface area contributed by atoms with Crippen molar-refractivity contribution in [3.05, 3.63) is 11.6 Å². The molecule has 0 spiro atoms. The Kier molecular flexibility index (Phi) is 7.78. The van der Waals surface area contributed by atoms with E-state index in [0.717, 1.165) is 37.7 Å². The van der Waals surface area contributed by atoms with Crippen molar-refractivity contribution in [3.8, 4) is 0 Å². The molecular weight excluding hydrogens is 456 g/mol. The molecular formula is C30H50O6. The highest BCUT2D eigenvalue weighted by molar-refractivity contribution is 5.71. The van der Waals surface area contributed by atoms with E-state index in [4.69, 9.17) is 4.74 Å². The summed E-state index contributed by atoms with van der Waals surface area (Å²) in [6.07, 6.45) is 6.53. The Bertz CT molecular complexity index is 852. The third-order valence-corrected chi connectivity index (χ3v) is 11.9. The number of hydrogen-bond donors (Lipinski definition) is 4. The van der Waals surface area contributed by atoms with Gasteiger partial charge in [-0.15, -0.1) is 0 Å². The smallest absolute Gasteiger partial charge is 0.307 e. The largest absolute Gasteiger partial charge is 0.481 e. The molecule has 0 heterocycles. The molecule has 4 fully saturated rings. The third-order valence-electron chi connectivity index (χ3n) is 11.9. The normalized spacial score (nSPS) is 48.9. The molecule has 0 aliphatic heterocycles. The van der Waals surface area contributed by atoms with Crippen LogP contribution in [0.3, 0.4) is 0 Å². The maximum atomic E-state index is 12.6. The molecule has 4 rings (SSSR count). The molecule has 0 radical (unpaired) electrons. The van der Waals surface area contributed by atoms with Crippen molar-refractivity contribution in [1.82, 2.24) is 0 Å². The number of hydrogen-bond acceptors (Lipinski definition) is 5. The first-order valence-corrected chi connectivity index (χ1v) is 14.3. The van der Waals surface area contributed by atoms with Gasteiger partial charge in [0.25, 0.3) is 0 Å². The predicted octanol–water partition coefficient (Wildman–Crippen LogP) is 4.66. The molecule has 6 nitrogen and oxygen atoms in total. The minimum absolute atomic E-state index is 0.0378. The first-order valence-electron chi connectivity index (χ1n) is 14.3. The number of ether oxygens (including phenoxy) is 1. The number of aliphatic hydroxyl groups is 3. The molecule has 0 aromatic rings. The van der Waals surface area contributed by atoms with E-state index in [1.165, 1.54) is 0 Å². The van der Waals surface area contributed by atoms with E-state index in [2.05, 4.69) is 27.7 Å². The van der Waals surface area contributed by atoms with Gasteiger partial charge in [-0.2, -0.15) is 0 Å². The van der Waals surface area contributed by atoms with E-state index in [0.29, 0.717) is 18.8 Å². The van der Waals surface area contributed by atoms with Crippen molar-refractivity contribution in [2.75, 3.05) is 13.2 Å². The number of aliphatic carboxylic acids is 1. The Hall–Kier alpha value is -0.950. The van der Waals surface area contributed by atoms with Crippen LogP contribution in [0.25, 0.3) is 0 Å². The monoisotopic (exact) mass is 506 g/mol. The van der Waals surface area contributed by atoms with E-state index in [1.54, 1.807) is 0 Å². The number of fused-ring (bicyclic) bond motifs is 5. The van der Waals surface area contributed by atoms with Gasteiger partial charge in [0, 0.05) is 5.92 Å². The molecule has 36 heavy (non-hydrogen) atoms. The summed E-state index contributed by atoms with van der Waals surface area (Å²) in [5, 5.41) is 42.4.